The molecule has 2 fully saturated rings. The standard InChI is InChI=1S/C25H17F6N5O3S/c26-17-10-14(8-15-18(17)33-20(19(27)28)34-21(15)39-7-6-37)36-23(40)35(22(38)24(36)4-1-5-24)13-3-2-12(11-32)16(9-13)25(29,30)31/h2-3,8-10,19,37H,1,4-7H2. The minimum absolute atomic E-state index is 0.00233. The number of nitrogens with zero attached hydrogens (tertiary/aromatic N) is 5. The number of benzene rings is 2. The predicted molar refractivity (Wildman–Crippen MR) is 132 cm³/mol. The number of anilines is 2. The van der Waals surface area contributed by atoms with Gasteiger partial charge < -0.3 is 14.7 Å². The average Bonchev–Trinajstić information content (AvgIpc) is 3.12. The van der Waals surface area contributed by atoms with E-state index in [0.717, 1.165) is 23.1 Å². The fraction of sp³-hybridized carbons (Fsp3) is 0.320. The molecule has 2 aromatic carbocycles. The number of aliphatic hydroxyl groups is 1. The number of ether oxygens (including phenoxy) is 1. The number of carbonyl (C=O) groups excluding carboxylic acids is 1. The van der Waals surface area contributed by atoms with Gasteiger partial charge in [0.1, 0.15) is 17.7 Å². The summed E-state index contributed by atoms with van der Waals surface area (Å²) in [5.41, 5.74) is -3.96. The van der Waals surface area contributed by atoms with Crippen molar-refractivity contribution in [2.75, 3.05) is 23.0 Å². The Kier molecular flexibility index (Phi) is 6.79. The number of nitriles is 1. The molecule has 40 heavy (non-hydrogen) atoms. The molecule has 8 nitrogen and oxygen atoms in total. The van der Waals surface area contributed by atoms with Crippen LogP contribution in [0.15, 0.2) is 30.3 Å². The fourth-order valence-corrected chi connectivity index (χ4v) is 5.32. The Morgan fingerprint density at radius 2 is 1.90 bits per heavy atom. The maximum atomic E-state index is 15.4. The van der Waals surface area contributed by atoms with Crippen LogP contribution in [0, 0.1) is 17.1 Å². The van der Waals surface area contributed by atoms with E-state index >= 15 is 4.39 Å². The van der Waals surface area contributed by atoms with Crippen LogP contribution in [-0.4, -0.2) is 44.8 Å². The van der Waals surface area contributed by atoms with Crippen LogP contribution in [0.1, 0.15) is 42.6 Å². The zero-order chi connectivity index (χ0) is 29.0. The number of aromatic nitrogens is 2. The zero-order valence-electron chi connectivity index (χ0n) is 20.2. The van der Waals surface area contributed by atoms with Gasteiger partial charge in [-0.1, -0.05) is 0 Å². The number of aliphatic hydroxyl groups excluding tert-OH is 1. The van der Waals surface area contributed by atoms with Crippen LogP contribution in [0.2, 0.25) is 0 Å². The highest BCUT2D eigenvalue weighted by Gasteiger charge is 2.60. The van der Waals surface area contributed by atoms with Gasteiger partial charge in [-0.15, -0.1) is 0 Å². The Morgan fingerprint density at radius 1 is 1.18 bits per heavy atom. The molecular formula is C25H17F6N5O3S. The fourth-order valence-electron chi connectivity index (χ4n) is 4.86. The lowest BCUT2D eigenvalue weighted by molar-refractivity contribution is -0.137. The van der Waals surface area contributed by atoms with Crippen molar-refractivity contribution < 1.29 is 41.0 Å². The number of alkyl halides is 5. The molecule has 0 radical (unpaired) electrons. The molecule has 1 saturated carbocycles. The number of halogens is 6. The Morgan fingerprint density at radius 3 is 2.48 bits per heavy atom. The Balaban J connectivity index is 1.66. The molecule has 1 spiro atoms. The van der Waals surface area contributed by atoms with E-state index in [2.05, 4.69) is 9.97 Å². The second-order valence-corrected chi connectivity index (χ2v) is 9.43. The molecule has 3 aromatic rings. The average molecular weight is 581 g/mol. The summed E-state index contributed by atoms with van der Waals surface area (Å²) in [5, 5.41) is 17.9. The molecule has 1 aromatic heterocycles. The van der Waals surface area contributed by atoms with E-state index in [4.69, 9.17) is 27.3 Å². The van der Waals surface area contributed by atoms with Crippen molar-refractivity contribution in [2.45, 2.75) is 37.4 Å². The summed E-state index contributed by atoms with van der Waals surface area (Å²) in [6, 6.07) is 6.44. The van der Waals surface area contributed by atoms with Gasteiger partial charge in [0.15, 0.2) is 16.8 Å². The maximum absolute atomic E-state index is 15.4. The lowest BCUT2D eigenvalue weighted by Gasteiger charge is -2.43. The second-order valence-electron chi connectivity index (χ2n) is 9.07. The number of carbonyl (C=O) groups is 1. The molecule has 5 rings (SSSR count). The number of fused-ring (bicyclic) bond motifs is 1. The molecule has 2 heterocycles. The molecule has 1 aliphatic heterocycles. The molecule has 1 saturated heterocycles. The highest BCUT2D eigenvalue weighted by atomic mass is 32.1. The predicted octanol–water partition coefficient (Wildman–Crippen LogP) is 5.03. The van der Waals surface area contributed by atoms with E-state index in [1.165, 1.54) is 17.0 Å². The van der Waals surface area contributed by atoms with E-state index in [-0.39, 0.29) is 41.3 Å². The van der Waals surface area contributed by atoms with Crippen LogP contribution < -0.4 is 14.5 Å². The van der Waals surface area contributed by atoms with Crippen molar-refractivity contribution >= 4 is 45.5 Å². The summed E-state index contributed by atoms with van der Waals surface area (Å²) in [6.45, 7) is -0.843. The monoisotopic (exact) mass is 581 g/mol. The Bertz CT molecular complexity index is 1590. The molecule has 208 valence electrons. The smallest absolute Gasteiger partial charge is 0.417 e. The van der Waals surface area contributed by atoms with Gasteiger partial charge in [0.25, 0.3) is 12.3 Å². The first-order valence-electron chi connectivity index (χ1n) is 11.8. The summed E-state index contributed by atoms with van der Waals surface area (Å²) in [6.07, 6.45) is -6.97. The van der Waals surface area contributed by atoms with Crippen molar-refractivity contribution in [3.05, 3.63) is 53.1 Å². The third-order valence-corrected chi connectivity index (χ3v) is 7.15. The summed E-state index contributed by atoms with van der Waals surface area (Å²) < 4.78 is 88.2. The van der Waals surface area contributed by atoms with E-state index in [1.54, 1.807) is 0 Å². The zero-order valence-corrected chi connectivity index (χ0v) is 21.0. The van der Waals surface area contributed by atoms with E-state index in [9.17, 15) is 26.7 Å². The van der Waals surface area contributed by atoms with Crippen LogP contribution in [-0.2, 0) is 11.0 Å². The van der Waals surface area contributed by atoms with Crippen molar-refractivity contribution in [1.82, 2.24) is 9.97 Å². The van der Waals surface area contributed by atoms with Gasteiger partial charge in [-0.25, -0.2) is 18.2 Å². The molecular weight excluding hydrogens is 564 g/mol. The Hall–Kier alpha value is -4.03. The number of hydrogen-bond acceptors (Lipinski definition) is 7. The molecule has 0 unspecified atom stereocenters. The molecule has 0 bridgehead atoms. The van der Waals surface area contributed by atoms with Crippen LogP contribution in [0.4, 0.5) is 37.7 Å². The summed E-state index contributed by atoms with van der Waals surface area (Å²) in [5.74, 6) is -3.13. The van der Waals surface area contributed by atoms with Crippen molar-refractivity contribution in [2.24, 2.45) is 0 Å². The van der Waals surface area contributed by atoms with Crippen LogP contribution >= 0.6 is 12.2 Å². The molecule has 1 N–H and O–H groups in total. The topological polar surface area (TPSA) is 103 Å². The quantitative estimate of drug-likeness (QED) is 0.320. The number of thiocarbonyl (C=S) groups is 1. The van der Waals surface area contributed by atoms with Crippen LogP contribution in [0.25, 0.3) is 10.9 Å². The normalized spacial score (nSPS) is 16.7. The lowest BCUT2D eigenvalue weighted by atomic mass is 9.75. The first-order valence-corrected chi connectivity index (χ1v) is 12.2. The first kappa shape index (κ1) is 27.5. The number of rotatable bonds is 6. The summed E-state index contributed by atoms with van der Waals surface area (Å²) in [4.78, 5) is 23.1. The van der Waals surface area contributed by atoms with Gasteiger partial charge in [-0.2, -0.15) is 23.4 Å². The molecule has 0 atom stereocenters. The second kappa shape index (κ2) is 9.86. The Labute approximate surface area is 227 Å². The molecule has 15 heteroatoms. The van der Waals surface area contributed by atoms with Crippen molar-refractivity contribution in [3.8, 4) is 11.9 Å². The van der Waals surface area contributed by atoms with Crippen molar-refractivity contribution in [3.63, 3.8) is 0 Å². The number of hydrogen-bond donors (Lipinski definition) is 1. The number of amides is 1. The van der Waals surface area contributed by atoms with Crippen LogP contribution in [0.5, 0.6) is 5.88 Å². The minimum Gasteiger partial charge on any atom is -0.475 e. The maximum Gasteiger partial charge on any atom is 0.417 e. The third kappa shape index (κ3) is 4.27. The van der Waals surface area contributed by atoms with Gasteiger partial charge in [0.2, 0.25) is 5.88 Å². The lowest BCUT2D eigenvalue weighted by Crippen LogP contribution is -2.55. The SMILES string of the molecule is N#Cc1ccc(N2C(=O)C3(CCC3)N(c3cc(F)c4nc(C(F)F)nc(OCCO)c4c3)C2=S)cc1C(F)(F)F. The highest BCUT2D eigenvalue weighted by molar-refractivity contribution is 7.81. The van der Waals surface area contributed by atoms with Gasteiger partial charge in [0, 0.05) is 5.69 Å². The molecule has 2 aliphatic rings. The molecule has 1 aliphatic carbocycles. The van der Waals surface area contributed by atoms with Gasteiger partial charge >= 0.3 is 6.18 Å². The molecule has 1 amide bonds. The van der Waals surface area contributed by atoms with Gasteiger partial charge in [-0.3, -0.25) is 9.69 Å². The van der Waals surface area contributed by atoms with E-state index in [0.29, 0.717) is 12.5 Å². The third-order valence-electron chi connectivity index (χ3n) is 6.78. The van der Waals surface area contributed by atoms with Gasteiger partial charge in [0.05, 0.1) is 34.9 Å². The van der Waals surface area contributed by atoms with E-state index in [1.807, 2.05) is 0 Å². The largest absolute Gasteiger partial charge is 0.475 e. The summed E-state index contributed by atoms with van der Waals surface area (Å²) >= 11 is 5.54. The first-order chi connectivity index (χ1) is 18.9. The van der Waals surface area contributed by atoms with E-state index < -0.39 is 64.8 Å². The summed E-state index contributed by atoms with van der Waals surface area (Å²) in [7, 11) is 0. The van der Waals surface area contributed by atoms with Crippen molar-refractivity contribution in [1.29, 1.82) is 5.26 Å². The highest BCUT2D eigenvalue weighted by Crippen LogP contribution is 2.49. The minimum atomic E-state index is -4.89. The van der Waals surface area contributed by atoms with Crippen LogP contribution in [0.3, 0.4) is 0 Å². The van der Waals surface area contributed by atoms with Gasteiger partial charge in [-0.05, 0) is 61.8 Å².